The molecule has 1 spiro atoms. The summed E-state index contributed by atoms with van der Waals surface area (Å²) in [5.41, 5.74) is 3.20. The number of ether oxygens (including phenoxy) is 2. The van der Waals surface area contributed by atoms with Crippen molar-refractivity contribution < 1.29 is 32.2 Å². The number of piperidine rings is 3. The van der Waals surface area contributed by atoms with Crippen molar-refractivity contribution in [2.45, 2.75) is 108 Å². The molecule has 13 nitrogen and oxygen atoms in total. The molecule has 3 atom stereocenters. The minimum absolute atomic E-state index is 0.0285. The van der Waals surface area contributed by atoms with Gasteiger partial charge < -0.3 is 29.9 Å². The van der Waals surface area contributed by atoms with E-state index in [-0.39, 0.29) is 48.3 Å². The lowest BCUT2D eigenvalue weighted by atomic mass is 9.71. The number of alkyl halides is 2. The van der Waals surface area contributed by atoms with Gasteiger partial charge in [0.15, 0.2) is 17.2 Å². The van der Waals surface area contributed by atoms with Crippen LogP contribution in [0.4, 0.5) is 35.2 Å². The molecule has 4 fully saturated rings. The van der Waals surface area contributed by atoms with Gasteiger partial charge in [0.1, 0.15) is 11.4 Å². The summed E-state index contributed by atoms with van der Waals surface area (Å²) in [4.78, 5) is 37.9. The first kappa shape index (κ1) is 39.7. The molecular formula is C41H56F3N9O4. The highest BCUT2D eigenvalue weighted by Gasteiger charge is 2.50. The van der Waals surface area contributed by atoms with Crippen molar-refractivity contribution in [1.29, 1.82) is 0 Å². The molecule has 8 rings (SSSR count). The number of hydrogen-bond acceptors (Lipinski definition) is 10. The van der Waals surface area contributed by atoms with Gasteiger partial charge in [0.25, 0.3) is 11.8 Å². The number of imidazole rings is 1. The predicted octanol–water partition coefficient (Wildman–Crippen LogP) is 5.83. The van der Waals surface area contributed by atoms with Gasteiger partial charge in [-0.1, -0.05) is 0 Å². The average Bonchev–Trinajstić information content (AvgIpc) is 3.78. The zero-order chi connectivity index (χ0) is 40.3. The number of halogens is 3. The SMILES string of the molecule is CNc1cc(N2CCc3c(CN4CCC(N5CCC6(CCN(C(=O)OC(C)(C)C)CC6)CC5)C(F)(F)C4)cc(F)cc32)nn2c(C(=O)N[C@@H]3CC[C@H]3OC)cnc12. The summed E-state index contributed by atoms with van der Waals surface area (Å²) in [7, 11) is 3.40. The van der Waals surface area contributed by atoms with Crippen LogP contribution in [0.3, 0.4) is 0 Å². The Morgan fingerprint density at radius 1 is 0.982 bits per heavy atom. The number of nitrogens with zero attached hydrogens (tertiary/aromatic N) is 7. The first-order chi connectivity index (χ1) is 27.2. The number of benzene rings is 1. The standard InChI is InChI=1S/C41H56F3N9O4/c1-39(2,3)57-38(55)51-18-12-40(13-19-51)10-16-50(17-11-40)34-9-14-49(25-41(34,43)44)24-26-20-27(42)21-31-28(26)8-15-52(31)35-22-30(45-4)36-46-23-32(53(36)48-35)37(54)47-29-6-7-33(29)56-5/h20-23,29,33-34,45H,6-19,24-25H2,1-5H3,(H,47,54)/t29-,33-,34?/m1/s1. The predicted molar refractivity (Wildman–Crippen MR) is 210 cm³/mol. The molecular weight excluding hydrogens is 740 g/mol. The van der Waals surface area contributed by atoms with Crippen LogP contribution < -0.4 is 15.5 Å². The Hall–Kier alpha value is -4.15. The van der Waals surface area contributed by atoms with E-state index in [1.54, 1.807) is 24.0 Å². The first-order valence-electron chi connectivity index (χ1n) is 20.5. The smallest absolute Gasteiger partial charge is 0.410 e. The number of likely N-dealkylation sites (tertiary alicyclic amines) is 3. The number of hydrogen-bond donors (Lipinski definition) is 2. The first-order valence-corrected chi connectivity index (χ1v) is 20.5. The molecule has 2 aromatic heterocycles. The number of rotatable bonds is 8. The zero-order valence-electron chi connectivity index (χ0n) is 33.8. The maximum Gasteiger partial charge on any atom is 0.410 e. The minimum atomic E-state index is -2.92. The molecule has 1 unspecified atom stereocenters. The molecule has 57 heavy (non-hydrogen) atoms. The molecule has 0 bridgehead atoms. The van der Waals surface area contributed by atoms with Gasteiger partial charge in [0.2, 0.25) is 0 Å². The van der Waals surface area contributed by atoms with Crippen molar-refractivity contribution in [2.75, 3.05) is 70.2 Å². The molecule has 1 saturated carbocycles. The fourth-order valence-electron chi connectivity index (χ4n) is 9.64. The van der Waals surface area contributed by atoms with Crippen LogP contribution in [0, 0.1) is 11.2 Å². The Labute approximate surface area is 332 Å². The van der Waals surface area contributed by atoms with E-state index in [4.69, 9.17) is 14.6 Å². The highest BCUT2D eigenvalue weighted by Crippen LogP contribution is 2.44. The van der Waals surface area contributed by atoms with Crippen LogP contribution in [0.25, 0.3) is 5.65 Å². The third kappa shape index (κ3) is 7.88. The number of amides is 2. The monoisotopic (exact) mass is 795 g/mol. The summed E-state index contributed by atoms with van der Waals surface area (Å²) in [5, 5.41) is 11.0. The van der Waals surface area contributed by atoms with Gasteiger partial charge in [-0.2, -0.15) is 0 Å². The third-order valence-electron chi connectivity index (χ3n) is 13.0. The zero-order valence-corrected chi connectivity index (χ0v) is 33.8. The molecule has 1 aliphatic carbocycles. The van der Waals surface area contributed by atoms with Crippen LogP contribution in [-0.4, -0.2) is 131 Å². The lowest BCUT2D eigenvalue weighted by molar-refractivity contribution is -0.139. The molecule has 2 N–H and O–H groups in total. The summed E-state index contributed by atoms with van der Waals surface area (Å²) in [6.07, 6.45) is 7.25. The number of fused-ring (bicyclic) bond motifs is 2. The Morgan fingerprint density at radius 2 is 1.72 bits per heavy atom. The van der Waals surface area contributed by atoms with Crippen LogP contribution in [0.2, 0.25) is 0 Å². The van der Waals surface area contributed by atoms with Crippen molar-refractivity contribution in [3.05, 3.63) is 47.0 Å². The lowest BCUT2D eigenvalue weighted by Crippen LogP contribution is -2.60. The van der Waals surface area contributed by atoms with Gasteiger partial charge in [0.05, 0.1) is 36.6 Å². The molecule has 16 heteroatoms. The van der Waals surface area contributed by atoms with Gasteiger partial charge in [0, 0.05) is 58.6 Å². The molecule has 4 aliphatic heterocycles. The number of aromatic nitrogens is 3. The van der Waals surface area contributed by atoms with Crippen LogP contribution in [-0.2, 0) is 22.4 Å². The quantitative estimate of drug-likeness (QED) is 0.288. The maximum absolute atomic E-state index is 16.1. The lowest BCUT2D eigenvalue weighted by Gasteiger charge is -2.50. The Morgan fingerprint density at radius 3 is 2.37 bits per heavy atom. The van der Waals surface area contributed by atoms with E-state index in [0.717, 1.165) is 44.1 Å². The van der Waals surface area contributed by atoms with Gasteiger partial charge in [-0.25, -0.2) is 27.5 Å². The number of carbonyl (C=O) groups excluding carboxylic acids is 2. The largest absolute Gasteiger partial charge is 0.444 e. The average molecular weight is 796 g/mol. The van der Waals surface area contributed by atoms with Crippen molar-refractivity contribution in [3.8, 4) is 0 Å². The maximum atomic E-state index is 16.1. The van der Waals surface area contributed by atoms with Gasteiger partial charge in [-0.05, 0) is 114 Å². The minimum Gasteiger partial charge on any atom is -0.444 e. The normalized spacial score (nSPS) is 25.0. The second-order valence-corrected chi connectivity index (χ2v) is 17.7. The molecule has 2 amide bonds. The Kier molecular flexibility index (Phi) is 10.6. The Balaban J connectivity index is 0.920. The van der Waals surface area contributed by atoms with Crippen molar-refractivity contribution in [2.24, 2.45) is 5.41 Å². The molecule has 5 aliphatic rings. The van der Waals surface area contributed by atoms with E-state index in [0.29, 0.717) is 80.5 Å². The molecule has 1 aromatic carbocycles. The molecule has 3 aromatic rings. The second kappa shape index (κ2) is 15.2. The number of carbonyl (C=O) groups is 2. The highest BCUT2D eigenvalue weighted by atomic mass is 19.3. The molecule has 0 radical (unpaired) electrons. The van der Waals surface area contributed by atoms with Crippen LogP contribution in [0.5, 0.6) is 0 Å². The van der Waals surface area contributed by atoms with Crippen LogP contribution in [0.15, 0.2) is 24.4 Å². The van der Waals surface area contributed by atoms with E-state index >= 15 is 13.2 Å². The van der Waals surface area contributed by atoms with Crippen LogP contribution >= 0.6 is 0 Å². The van der Waals surface area contributed by atoms with Crippen LogP contribution in [0.1, 0.15) is 87.3 Å². The summed E-state index contributed by atoms with van der Waals surface area (Å²) < 4.78 is 60.1. The van der Waals surface area contributed by atoms with E-state index < -0.39 is 23.4 Å². The van der Waals surface area contributed by atoms with Crippen molar-refractivity contribution in [3.63, 3.8) is 0 Å². The topological polar surface area (TPSA) is 120 Å². The summed E-state index contributed by atoms with van der Waals surface area (Å²) in [6.45, 7) is 8.93. The molecule has 6 heterocycles. The Bertz CT molecular complexity index is 1980. The molecule has 310 valence electrons. The fraction of sp³-hybridized carbons (Fsp3) is 0.659. The van der Waals surface area contributed by atoms with Gasteiger partial charge >= 0.3 is 6.09 Å². The number of nitrogens with one attached hydrogen (secondary N) is 2. The van der Waals surface area contributed by atoms with E-state index in [1.807, 2.05) is 36.6 Å². The van der Waals surface area contributed by atoms with Crippen molar-refractivity contribution >= 4 is 34.8 Å². The van der Waals surface area contributed by atoms with E-state index in [9.17, 15) is 9.59 Å². The third-order valence-corrected chi connectivity index (χ3v) is 13.0. The number of methoxy groups -OCH3 is 1. The molecule has 3 saturated heterocycles. The summed E-state index contributed by atoms with van der Waals surface area (Å²) in [6, 6.07) is 3.86. The fourth-order valence-corrected chi connectivity index (χ4v) is 9.64. The highest BCUT2D eigenvalue weighted by molar-refractivity contribution is 5.94. The van der Waals surface area contributed by atoms with Crippen molar-refractivity contribution in [1.82, 2.24) is 34.6 Å². The van der Waals surface area contributed by atoms with Gasteiger partial charge in [-0.15, -0.1) is 5.10 Å². The second-order valence-electron chi connectivity index (χ2n) is 17.7. The van der Waals surface area contributed by atoms with E-state index in [1.165, 1.54) is 22.8 Å². The summed E-state index contributed by atoms with van der Waals surface area (Å²) >= 11 is 0. The van der Waals surface area contributed by atoms with Gasteiger partial charge in [-0.3, -0.25) is 14.6 Å². The number of anilines is 3. The summed E-state index contributed by atoms with van der Waals surface area (Å²) in [5.74, 6) is -3.16. The van der Waals surface area contributed by atoms with E-state index in [2.05, 4.69) is 15.6 Å².